The minimum absolute atomic E-state index is 0.218. The normalized spacial score (nSPS) is 15.5. The van der Waals surface area contributed by atoms with E-state index in [0.717, 1.165) is 24.0 Å². The number of carbonyl (C=O) groups is 1. The van der Waals surface area contributed by atoms with Gasteiger partial charge >= 0.3 is 5.97 Å². The molecule has 2 heterocycles. The molecule has 2 aromatic carbocycles. The van der Waals surface area contributed by atoms with E-state index in [9.17, 15) is 9.59 Å². The molecule has 1 aliphatic heterocycles. The van der Waals surface area contributed by atoms with Crippen LogP contribution in [-0.2, 0) is 9.53 Å². The molecule has 0 saturated heterocycles. The fourth-order valence-electron chi connectivity index (χ4n) is 3.90. The summed E-state index contributed by atoms with van der Waals surface area (Å²) in [5.74, 6) is 1.00. The summed E-state index contributed by atoms with van der Waals surface area (Å²) in [5, 5.41) is 0. The standard InChI is InChI=1S/C25H22I2N2O5S/c1-5-34-24(31)20-13(2)28-25-29(21(20)15-6-8-16(32-3)9-7-15)23(30)19(35-25)12-14-10-17(26)22(33-4)18(27)11-14/h6-12,21H,5H2,1-4H3/b19-12+/t21-/m0/s1. The van der Waals surface area contributed by atoms with Crippen molar-refractivity contribution in [2.75, 3.05) is 20.8 Å². The predicted octanol–water partition coefficient (Wildman–Crippen LogP) is 4.02. The van der Waals surface area contributed by atoms with E-state index in [0.29, 0.717) is 26.4 Å². The van der Waals surface area contributed by atoms with Crippen molar-refractivity contribution in [3.63, 3.8) is 0 Å². The molecule has 0 spiro atoms. The molecule has 0 radical (unpaired) electrons. The minimum atomic E-state index is -0.658. The molecule has 1 aliphatic rings. The Morgan fingerprint density at radius 2 is 1.80 bits per heavy atom. The fraction of sp³-hybridized carbons (Fsp3) is 0.240. The molecule has 0 amide bonds. The second kappa shape index (κ2) is 10.8. The van der Waals surface area contributed by atoms with Crippen LogP contribution < -0.4 is 24.4 Å². The molecule has 7 nitrogen and oxygen atoms in total. The van der Waals surface area contributed by atoms with Crippen LogP contribution in [0.1, 0.15) is 31.0 Å². The number of methoxy groups -OCH3 is 2. The molecule has 0 aliphatic carbocycles. The highest BCUT2D eigenvalue weighted by atomic mass is 127. The van der Waals surface area contributed by atoms with Crippen molar-refractivity contribution in [1.82, 2.24) is 4.57 Å². The second-order valence-corrected chi connectivity index (χ2v) is 10.9. The molecule has 35 heavy (non-hydrogen) atoms. The van der Waals surface area contributed by atoms with Gasteiger partial charge in [0, 0.05) is 0 Å². The number of carbonyl (C=O) groups excluding carboxylic acids is 1. The van der Waals surface area contributed by atoms with Gasteiger partial charge in [0.1, 0.15) is 11.5 Å². The number of thiazole rings is 1. The van der Waals surface area contributed by atoms with Gasteiger partial charge in [-0.15, -0.1) is 0 Å². The van der Waals surface area contributed by atoms with E-state index in [-0.39, 0.29) is 12.2 Å². The van der Waals surface area contributed by atoms with E-state index in [1.54, 1.807) is 32.6 Å². The first-order chi connectivity index (χ1) is 16.8. The van der Waals surface area contributed by atoms with Crippen LogP contribution in [0.15, 0.2) is 57.5 Å². The zero-order valence-electron chi connectivity index (χ0n) is 19.4. The predicted molar refractivity (Wildman–Crippen MR) is 152 cm³/mol. The zero-order chi connectivity index (χ0) is 25.3. The molecule has 182 valence electrons. The Hall–Kier alpha value is -2.19. The number of esters is 1. The summed E-state index contributed by atoms with van der Waals surface area (Å²) >= 11 is 5.74. The lowest BCUT2D eigenvalue weighted by atomic mass is 9.96. The summed E-state index contributed by atoms with van der Waals surface area (Å²) in [4.78, 5) is 31.8. The smallest absolute Gasteiger partial charge is 0.338 e. The average molecular weight is 716 g/mol. The maximum atomic E-state index is 13.7. The molecule has 3 aromatic rings. The highest BCUT2D eigenvalue weighted by molar-refractivity contribution is 14.1. The molecule has 10 heteroatoms. The van der Waals surface area contributed by atoms with Crippen LogP contribution in [0.3, 0.4) is 0 Å². The van der Waals surface area contributed by atoms with E-state index < -0.39 is 12.0 Å². The molecule has 1 aromatic heterocycles. The minimum Gasteiger partial charge on any atom is -0.497 e. The number of nitrogens with zero attached hydrogens (tertiary/aromatic N) is 2. The van der Waals surface area contributed by atoms with Gasteiger partial charge in [0.2, 0.25) is 0 Å². The number of ether oxygens (including phenoxy) is 3. The van der Waals surface area contributed by atoms with Gasteiger partial charge in [0.05, 0.1) is 49.8 Å². The van der Waals surface area contributed by atoms with Gasteiger partial charge in [-0.05, 0) is 100 Å². The van der Waals surface area contributed by atoms with E-state index >= 15 is 0 Å². The molecule has 4 rings (SSSR count). The monoisotopic (exact) mass is 716 g/mol. The van der Waals surface area contributed by atoms with Crippen molar-refractivity contribution < 1.29 is 19.0 Å². The Kier molecular flexibility index (Phi) is 8.01. The van der Waals surface area contributed by atoms with Crippen LogP contribution in [0.5, 0.6) is 11.5 Å². The first-order valence-corrected chi connectivity index (χ1v) is 13.6. The van der Waals surface area contributed by atoms with E-state index in [1.165, 1.54) is 11.3 Å². The highest BCUT2D eigenvalue weighted by Crippen LogP contribution is 2.32. The van der Waals surface area contributed by atoms with E-state index in [2.05, 4.69) is 50.2 Å². The van der Waals surface area contributed by atoms with Crippen molar-refractivity contribution in [3.8, 4) is 11.5 Å². The van der Waals surface area contributed by atoms with Gasteiger partial charge < -0.3 is 14.2 Å². The van der Waals surface area contributed by atoms with E-state index in [4.69, 9.17) is 14.2 Å². The van der Waals surface area contributed by atoms with Crippen LogP contribution in [0, 0.1) is 7.14 Å². The molecule has 1 atom stereocenters. The lowest BCUT2D eigenvalue weighted by molar-refractivity contribution is -0.139. The Labute approximate surface area is 233 Å². The number of halogens is 2. The van der Waals surface area contributed by atoms with Crippen LogP contribution in [-0.4, -0.2) is 31.4 Å². The van der Waals surface area contributed by atoms with Gasteiger partial charge in [0.25, 0.3) is 5.56 Å². The van der Waals surface area contributed by atoms with Gasteiger partial charge in [-0.2, -0.15) is 0 Å². The third kappa shape index (κ3) is 5.05. The summed E-state index contributed by atoms with van der Waals surface area (Å²) in [6.45, 7) is 3.75. The Bertz CT molecular complexity index is 1480. The third-order valence-electron chi connectivity index (χ3n) is 5.47. The van der Waals surface area contributed by atoms with Gasteiger partial charge in [-0.25, -0.2) is 9.79 Å². The maximum Gasteiger partial charge on any atom is 0.338 e. The van der Waals surface area contributed by atoms with Gasteiger partial charge in [-0.3, -0.25) is 9.36 Å². The summed E-state index contributed by atoms with van der Waals surface area (Å²) < 4.78 is 20.1. The molecular formula is C25H22I2N2O5S. The zero-order valence-corrected chi connectivity index (χ0v) is 24.6. The number of rotatable bonds is 6. The van der Waals surface area contributed by atoms with E-state index in [1.807, 2.05) is 42.5 Å². The first-order valence-electron chi connectivity index (χ1n) is 10.7. The quantitative estimate of drug-likeness (QED) is 0.285. The molecule has 0 fully saturated rings. The number of fused-ring (bicyclic) bond motifs is 1. The average Bonchev–Trinajstić information content (AvgIpc) is 3.12. The SMILES string of the molecule is CCOC(=O)C1=C(C)N=c2s/c(=C/c3cc(I)c(OC)c(I)c3)c(=O)n2[C@H]1c1ccc(OC)cc1. The fourth-order valence-corrected chi connectivity index (χ4v) is 7.21. The molecule has 0 bridgehead atoms. The van der Waals surface area contributed by atoms with Crippen molar-refractivity contribution in [2.24, 2.45) is 4.99 Å². The van der Waals surface area contributed by atoms with Crippen LogP contribution in [0.25, 0.3) is 6.08 Å². The molecule has 0 unspecified atom stereocenters. The van der Waals surface area contributed by atoms with Crippen LogP contribution >= 0.6 is 56.5 Å². The van der Waals surface area contributed by atoms with Crippen molar-refractivity contribution in [1.29, 1.82) is 0 Å². The number of aromatic nitrogens is 1. The third-order valence-corrected chi connectivity index (χ3v) is 8.06. The Morgan fingerprint density at radius 3 is 2.37 bits per heavy atom. The summed E-state index contributed by atoms with van der Waals surface area (Å²) in [7, 11) is 3.23. The van der Waals surface area contributed by atoms with Crippen LogP contribution in [0.2, 0.25) is 0 Å². The maximum absolute atomic E-state index is 13.7. The largest absolute Gasteiger partial charge is 0.497 e. The van der Waals surface area contributed by atoms with Crippen LogP contribution in [0.4, 0.5) is 0 Å². The molecule has 0 saturated carbocycles. The Balaban J connectivity index is 1.93. The number of hydrogen-bond acceptors (Lipinski definition) is 7. The second-order valence-electron chi connectivity index (χ2n) is 7.59. The summed E-state index contributed by atoms with van der Waals surface area (Å²) in [6, 6.07) is 10.6. The topological polar surface area (TPSA) is 79.1 Å². The molecule has 0 N–H and O–H groups in total. The lowest BCUT2D eigenvalue weighted by Gasteiger charge is -2.24. The van der Waals surface area contributed by atoms with Gasteiger partial charge in [-0.1, -0.05) is 23.5 Å². The van der Waals surface area contributed by atoms with Crippen molar-refractivity contribution >= 4 is 68.6 Å². The summed E-state index contributed by atoms with van der Waals surface area (Å²) in [6.07, 6.45) is 1.85. The number of benzene rings is 2. The molecular weight excluding hydrogens is 694 g/mol. The van der Waals surface area contributed by atoms with Gasteiger partial charge in [0.15, 0.2) is 4.80 Å². The van der Waals surface area contributed by atoms with Crippen molar-refractivity contribution in [3.05, 3.63) is 85.6 Å². The van der Waals surface area contributed by atoms with Crippen molar-refractivity contribution in [2.45, 2.75) is 19.9 Å². The lowest BCUT2D eigenvalue weighted by Crippen LogP contribution is -2.39. The number of allylic oxidation sites excluding steroid dienone is 1. The number of hydrogen-bond donors (Lipinski definition) is 0. The summed E-state index contributed by atoms with van der Waals surface area (Å²) in [5.41, 5.74) is 2.32. The Morgan fingerprint density at radius 1 is 1.14 bits per heavy atom. The first kappa shape index (κ1) is 25.9. The highest BCUT2D eigenvalue weighted by Gasteiger charge is 2.33.